The van der Waals surface area contributed by atoms with Crippen LogP contribution in [0.4, 0.5) is 0 Å². The summed E-state index contributed by atoms with van der Waals surface area (Å²) in [5, 5.41) is 0. The molecule has 0 amide bonds. The Balaban J connectivity index is 2.40. The summed E-state index contributed by atoms with van der Waals surface area (Å²) in [6, 6.07) is 17.0. The third kappa shape index (κ3) is 2.30. The lowest BCUT2D eigenvalue weighted by Gasteiger charge is -2.03. The summed E-state index contributed by atoms with van der Waals surface area (Å²) < 4.78 is 2.44. The Bertz CT molecular complexity index is 372. The van der Waals surface area contributed by atoms with Crippen molar-refractivity contribution in [3.63, 3.8) is 0 Å². The van der Waals surface area contributed by atoms with Crippen molar-refractivity contribution in [1.29, 1.82) is 0 Å². The lowest BCUT2D eigenvalue weighted by Crippen LogP contribution is -2.01. The minimum absolute atomic E-state index is 1.22. The van der Waals surface area contributed by atoms with Gasteiger partial charge in [-0.25, -0.2) is 0 Å². The van der Waals surface area contributed by atoms with E-state index in [4.69, 9.17) is 0 Å². The van der Waals surface area contributed by atoms with Crippen molar-refractivity contribution in [1.82, 2.24) is 0 Å². The van der Waals surface area contributed by atoms with Crippen LogP contribution in [0.5, 0.6) is 0 Å². The summed E-state index contributed by atoms with van der Waals surface area (Å²) in [6.07, 6.45) is 0. The average Bonchev–Trinajstić information content (AvgIpc) is 2.21. The molecule has 0 fully saturated rings. The summed E-state index contributed by atoms with van der Waals surface area (Å²) in [4.78, 5) is 0. The van der Waals surface area contributed by atoms with Crippen LogP contribution in [-0.4, -0.2) is 32.6 Å². The molecule has 0 heterocycles. The van der Waals surface area contributed by atoms with E-state index in [-0.39, 0.29) is 0 Å². The molecule has 0 aromatic heterocycles. The smallest absolute Gasteiger partial charge is 0.139 e. The van der Waals surface area contributed by atoms with E-state index in [0.29, 0.717) is 0 Å². The van der Waals surface area contributed by atoms with Crippen molar-refractivity contribution in [2.45, 2.75) is 0 Å². The molecule has 0 nitrogen and oxygen atoms in total. The molecule has 0 N–H and O–H groups in total. The summed E-state index contributed by atoms with van der Waals surface area (Å²) >= 11 is 5.39. The molecule has 2 rings (SSSR count). The molecule has 0 aliphatic carbocycles. The second kappa shape index (κ2) is 4.35. The molecule has 62 valence electrons. The maximum absolute atomic E-state index is 2.69. The molecular weight excluding hydrogens is 198 g/mol. The third-order valence-corrected chi connectivity index (χ3v) is 2.92. The number of rotatable bonds is 1. The van der Waals surface area contributed by atoms with Crippen LogP contribution in [0.15, 0.2) is 48.5 Å². The van der Waals surface area contributed by atoms with Crippen LogP contribution in [0.3, 0.4) is 0 Å². The molecule has 0 unspecified atom stereocenters. The van der Waals surface area contributed by atoms with Gasteiger partial charge in [0.25, 0.3) is 0 Å². The zero-order chi connectivity index (χ0) is 9.97. The minimum atomic E-state index is 1.22. The van der Waals surface area contributed by atoms with Crippen molar-refractivity contribution in [3.8, 4) is 11.1 Å². The van der Waals surface area contributed by atoms with Gasteiger partial charge in [0.1, 0.15) is 0 Å². The SMILES string of the molecule is [Al][c]1ccc(-c2cc[c]([Al])cc2)cc1. The minimum Gasteiger partial charge on any atom is -0.139 e. The first-order valence-electron chi connectivity index (χ1n) is 4.47. The van der Waals surface area contributed by atoms with Crippen LogP contribution in [0.25, 0.3) is 11.1 Å². The Morgan fingerprint density at radius 2 is 0.786 bits per heavy atom. The van der Waals surface area contributed by atoms with Gasteiger partial charge in [-0.2, -0.15) is 0 Å². The first-order valence-corrected chi connectivity index (χ1v) is 5.62. The number of hydrogen-bond donors (Lipinski definition) is 0. The largest absolute Gasteiger partial charge is 0.175 e. The first-order chi connectivity index (χ1) is 6.75. The fourth-order valence-electron chi connectivity index (χ4n) is 1.35. The lowest BCUT2D eigenvalue weighted by atomic mass is 10.1. The number of benzene rings is 2. The molecule has 0 bridgehead atoms. The maximum Gasteiger partial charge on any atom is 0.175 e. The second-order valence-electron chi connectivity index (χ2n) is 3.24. The van der Waals surface area contributed by atoms with Crippen molar-refractivity contribution in [2.24, 2.45) is 0 Å². The van der Waals surface area contributed by atoms with Crippen molar-refractivity contribution in [2.75, 3.05) is 0 Å². The topological polar surface area (TPSA) is 0 Å². The molecule has 0 atom stereocenters. The fourth-order valence-corrected chi connectivity index (χ4v) is 1.74. The highest BCUT2D eigenvalue weighted by Gasteiger charge is 1.94. The normalized spacial score (nSPS) is 10.0. The van der Waals surface area contributed by atoms with E-state index in [0.717, 1.165) is 0 Å². The van der Waals surface area contributed by atoms with Crippen LogP contribution in [-0.2, 0) is 0 Å². The summed E-state index contributed by atoms with van der Waals surface area (Å²) in [7, 11) is 0. The highest BCUT2D eigenvalue weighted by atomic mass is 27.1. The van der Waals surface area contributed by atoms with Gasteiger partial charge < -0.3 is 0 Å². The van der Waals surface area contributed by atoms with Gasteiger partial charge in [0.2, 0.25) is 0 Å². The molecule has 4 radical (unpaired) electrons. The zero-order valence-electron chi connectivity index (χ0n) is 7.77. The Labute approximate surface area is 101 Å². The van der Waals surface area contributed by atoms with Crippen molar-refractivity contribution in [3.05, 3.63) is 48.5 Å². The van der Waals surface area contributed by atoms with E-state index in [2.05, 4.69) is 81.1 Å². The van der Waals surface area contributed by atoms with Crippen LogP contribution in [0.2, 0.25) is 0 Å². The molecular formula is C12H8Al2. The van der Waals surface area contributed by atoms with E-state index in [1.54, 1.807) is 0 Å². The highest BCUT2D eigenvalue weighted by molar-refractivity contribution is 6.32. The quantitative estimate of drug-likeness (QED) is 0.609. The van der Waals surface area contributed by atoms with Crippen LogP contribution in [0, 0.1) is 0 Å². The highest BCUT2D eigenvalue weighted by Crippen LogP contribution is 2.16. The molecule has 2 aromatic carbocycles. The second-order valence-corrected chi connectivity index (χ2v) is 4.58. The Morgan fingerprint density at radius 1 is 0.500 bits per heavy atom. The lowest BCUT2D eigenvalue weighted by molar-refractivity contribution is 1.66. The third-order valence-electron chi connectivity index (χ3n) is 2.15. The molecule has 14 heavy (non-hydrogen) atoms. The Hall–Kier alpha value is -0.495. The zero-order valence-corrected chi connectivity index (χ0v) is 10.1. The molecule has 2 aromatic rings. The molecule has 0 spiro atoms. The van der Waals surface area contributed by atoms with Gasteiger partial charge in [-0.15, -0.1) is 8.85 Å². The Kier molecular flexibility index (Phi) is 3.12. The summed E-state index contributed by atoms with van der Waals surface area (Å²) in [5.74, 6) is 0. The van der Waals surface area contributed by atoms with Crippen LogP contribution in [0.1, 0.15) is 0 Å². The predicted molar refractivity (Wildman–Crippen MR) is 62.7 cm³/mol. The Morgan fingerprint density at radius 3 is 1.07 bits per heavy atom. The van der Waals surface area contributed by atoms with E-state index in [9.17, 15) is 0 Å². The monoisotopic (exact) mass is 206 g/mol. The molecule has 0 saturated carbocycles. The van der Waals surface area contributed by atoms with Crippen LogP contribution < -0.4 is 8.85 Å². The van der Waals surface area contributed by atoms with Gasteiger partial charge in [0.05, 0.1) is 0 Å². The molecule has 2 heteroatoms. The van der Waals surface area contributed by atoms with Crippen molar-refractivity contribution >= 4 is 41.4 Å². The predicted octanol–water partition coefficient (Wildman–Crippen LogP) is 0.941. The molecule has 0 aliphatic heterocycles. The van der Waals surface area contributed by atoms with Gasteiger partial charge >= 0.3 is 0 Å². The molecule has 0 aliphatic rings. The summed E-state index contributed by atoms with van der Waals surface area (Å²) in [6.45, 7) is 0. The van der Waals surface area contributed by atoms with E-state index < -0.39 is 0 Å². The van der Waals surface area contributed by atoms with E-state index in [1.807, 2.05) is 0 Å². The fraction of sp³-hybridized carbons (Fsp3) is 0. The van der Waals surface area contributed by atoms with E-state index in [1.165, 1.54) is 20.0 Å². The van der Waals surface area contributed by atoms with Gasteiger partial charge in [0, 0.05) is 0 Å². The number of hydrogen-bond acceptors (Lipinski definition) is 0. The maximum atomic E-state index is 2.69. The van der Waals surface area contributed by atoms with E-state index >= 15 is 0 Å². The van der Waals surface area contributed by atoms with Gasteiger partial charge in [0.15, 0.2) is 32.6 Å². The van der Waals surface area contributed by atoms with Gasteiger partial charge in [-0.1, -0.05) is 48.5 Å². The molecule has 0 saturated heterocycles. The van der Waals surface area contributed by atoms with Gasteiger partial charge in [-0.3, -0.25) is 0 Å². The average molecular weight is 206 g/mol. The first kappa shape index (κ1) is 10.0. The van der Waals surface area contributed by atoms with Crippen LogP contribution >= 0.6 is 0 Å². The summed E-state index contributed by atoms with van der Waals surface area (Å²) in [5.41, 5.74) is 2.53. The van der Waals surface area contributed by atoms with Crippen molar-refractivity contribution < 1.29 is 0 Å². The standard InChI is InChI=1S/C12H8.2Al/c1-3-7-11(8-4-1)12-9-5-2-6-10-12;;/h3-10H;;. The van der Waals surface area contributed by atoms with Gasteiger partial charge in [-0.05, 0) is 11.1 Å².